The van der Waals surface area contributed by atoms with Gasteiger partial charge in [-0.1, -0.05) is 99.6 Å². The highest BCUT2D eigenvalue weighted by atomic mass is 16.5. The van der Waals surface area contributed by atoms with Gasteiger partial charge in [-0.3, -0.25) is 13.8 Å². The van der Waals surface area contributed by atoms with E-state index in [9.17, 15) is 0 Å². The number of fused-ring (bicyclic) bond motifs is 12. The summed E-state index contributed by atoms with van der Waals surface area (Å²) in [5.41, 5.74) is 11.4. The minimum atomic E-state index is -0.0236. The van der Waals surface area contributed by atoms with Crippen LogP contribution in [0.25, 0.3) is 88.2 Å². The topological polar surface area (TPSA) is 56.7 Å². The predicted octanol–water partition coefficient (Wildman–Crippen LogP) is 12.0. The van der Waals surface area contributed by atoms with Crippen LogP contribution in [0.4, 0.5) is 0 Å². The fraction of sp³-hybridized carbons (Fsp3) is 0.0851. The Bertz CT molecular complexity index is 3230. The van der Waals surface area contributed by atoms with E-state index >= 15 is 0 Å². The van der Waals surface area contributed by atoms with Gasteiger partial charge in [-0.25, -0.2) is 9.97 Å². The van der Waals surface area contributed by atoms with Gasteiger partial charge in [0.15, 0.2) is 0 Å². The van der Waals surface area contributed by atoms with Gasteiger partial charge in [-0.2, -0.15) is 0 Å². The third kappa shape index (κ3) is 4.29. The van der Waals surface area contributed by atoms with E-state index in [4.69, 9.17) is 19.7 Å². The molecule has 0 amide bonds. The fourth-order valence-corrected chi connectivity index (χ4v) is 8.44. The first-order valence-corrected chi connectivity index (χ1v) is 18.0. The molecule has 0 aliphatic carbocycles. The molecule has 6 nitrogen and oxygen atoms in total. The number of hydrogen-bond acceptors (Lipinski definition) is 4. The van der Waals surface area contributed by atoms with E-state index in [-0.39, 0.29) is 5.41 Å². The van der Waals surface area contributed by atoms with Gasteiger partial charge in [0.2, 0.25) is 0 Å². The summed E-state index contributed by atoms with van der Waals surface area (Å²) in [7, 11) is 0. The number of rotatable bonds is 4. The SMILES string of the molecule is CC(C)(C)c1ccnc2c1c1cccc3c4ccc(Oc5ccc6c(c5)c5nc(-c7ccccc7)c(-c7ccccc7)n5c5cccnc65)cc4n2c31. The van der Waals surface area contributed by atoms with Crippen LogP contribution in [0.5, 0.6) is 11.5 Å². The van der Waals surface area contributed by atoms with E-state index < -0.39 is 0 Å². The van der Waals surface area contributed by atoms with Crippen LogP contribution < -0.4 is 4.74 Å². The smallest absolute Gasteiger partial charge is 0.146 e. The highest BCUT2D eigenvalue weighted by Crippen LogP contribution is 2.44. The zero-order chi connectivity index (χ0) is 35.4. The van der Waals surface area contributed by atoms with Crippen molar-refractivity contribution in [2.75, 3.05) is 0 Å². The van der Waals surface area contributed by atoms with Crippen molar-refractivity contribution in [3.8, 4) is 34.0 Å². The summed E-state index contributed by atoms with van der Waals surface area (Å²) in [4.78, 5) is 15.3. The Balaban J connectivity index is 1.13. The fourth-order valence-electron chi connectivity index (χ4n) is 8.44. The molecule has 6 aromatic heterocycles. The van der Waals surface area contributed by atoms with Gasteiger partial charge in [-0.05, 0) is 59.5 Å². The van der Waals surface area contributed by atoms with E-state index in [0.29, 0.717) is 0 Å². The van der Waals surface area contributed by atoms with Crippen LogP contribution in [-0.4, -0.2) is 23.8 Å². The molecule has 0 aliphatic rings. The van der Waals surface area contributed by atoms with Crippen molar-refractivity contribution in [1.29, 1.82) is 0 Å². The molecule has 0 atom stereocenters. The van der Waals surface area contributed by atoms with E-state index in [2.05, 4.69) is 139 Å². The number of benzene rings is 5. The summed E-state index contributed by atoms with van der Waals surface area (Å²) in [5, 5.41) is 6.85. The average Bonchev–Trinajstić information content (AvgIpc) is 3.86. The number of nitrogens with zero attached hydrogens (tertiary/aromatic N) is 5. The van der Waals surface area contributed by atoms with Crippen LogP contribution in [0.15, 0.2) is 146 Å². The van der Waals surface area contributed by atoms with Crippen LogP contribution in [-0.2, 0) is 5.41 Å². The van der Waals surface area contributed by atoms with E-state index in [0.717, 1.165) is 72.6 Å². The summed E-state index contributed by atoms with van der Waals surface area (Å²) < 4.78 is 11.3. The van der Waals surface area contributed by atoms with Gasteiger partial charge in [-0.15, -0.1) is 0 Å². The first-order valence-electron chi connectivity index (χ1n) is 18.0. The molecule has 0 aliphatic heterocycles. The molecule has 0 bridgehead atoms. The molecule has 0 N–H and O–H groups in total. The van der Waals surface area contributed by atoms with Crippen molar-refractivity contribution in [2.24, 2.45) is 0 Å². The highest BCUT2D eigenvalue weighted by molar-refractivity contribution is 6.23. The quantitative estimate of drug-likeness (QED) is 0.173. The maximum absolute atomic E-state index is 6.75. The molecule has 0 spiro atoms. The van der Waals surface area contributed by atoms with Gasteiger partial charge in [0.1, 0.15) is 22.8 Å². The molecule has 252 valence electrons. The lowest BCUT2D eigenvalue weighted by Crippen LogP contribution is -2.11. The summed E-state index contributed by atoms with van der Waals surface area (Å²) in [6, 6.07) is 46.5. The predicted molar refractivity (Wildman–Crippen MR) is 217 cm³/mol. The molecule has 0 radical (unpaired) electrons. The van der Waals surface area contributed by atoms with Crippen LogP contribution in [0.1, 0.15) is 26.3 Å². The van der Waals surface area contributed by atoms with Crippen LogP contribution in [0, 0.1) is 0 Å². The Kier molecular flexibility index (Phi) is 6.12. The van der Waals surface area contributed by atoms with Crippen molar-refractivity contribution < 1.29 is 4.74 Å². The lowest BCUT2D eigenvalue weighted by molar-refractivity contribution is 0.484. The van der Waals surface area contributed by atoms with Gasteiger partial charge in [0, 0.05) is 61.9 Å². The molecular formula is C47H33N5O. The van der Waals surface area contributed by atoms with Crippen LogP contribution in [0.3, 0.4) is 0 Å². The molecule has 6 heterocycles. The van der Waals surface area contributed by atoms with Crippen molar-refractivity contribution in [1.82, 2.24) is 23.8 Å². The first kappa shape index (κ1) is 29.9. The number of para-hydroxylation sites is 1. The molecule has 0 unspecified atom stereocenters. The lowest BCUT2D eigenvalue weighted by atomic mass is 9.85. The summed E-state index contributed by atoms with van der Waals surface area (Å²) >= 11 is 0. The van der Waals surface area contributed by atoms with Crippen molar-refractivity contribution >= 4 is 65.7 Å². The van der Waals surface area contributed by atoms with Gasteiger partial charge < -0.3 is 4.74 Å². The van der Waals surface area contributed by atoms with Crippen LogP contribution >= 0.6 is 0 Å². The Morgan fingerprint density at radius 2 is 1.26 bits per heavy atom. The second kappa shape index (κ2) is 10.9. The lowest BCUT2D eigenvalue weighted by Gasteiger charge is -2.20. The van der Waals surface area contributed by atoms with Crippen LogP contribution in [0.2, 0.25) is 0 Å². The van der Waals surface area contributed by atoms with E-state index in [1.165, 1.54) is 32.6 Å². The molecule has 53 heavy (non-hydrogen) atoms. The van der Waals surface area contributed by atoms with Crippen molar-refractivity contribution in [2.45, 2.75) is 26.2 Å². The van der Waals surface area contributed by atoms with E-state index in [1.807, 2.05) is 36.7 Å². The summed E-state index contributed by atoms with van der Waals surface area (Å²) in [6.07, 6.45) is 3.80. The molecular weight excluding hydrogens is 651 g/mol. The Morgan fingerprint density at radius 3 is 2.06 bits per heavy atom. The first-order chi connectivity index (χ1) is 25.9. The molecule has 0 fully saturated rings. The minimum absolute atomic E-state index is 0.0236. The zero-order valence-electron chi connectivity index (χ0n) is 29.5. The molecule has 6 heteroatoms. The minimum Gasteiger partial charge on any atom is -0.457 e. The van der Waals surface area contributed by atoms with Gasteiger partial charge in [0.05, 0.1) is 33.5 Å². The number of pyridine rings is 3. The number of imidazole rings is 1. The average molecular weight is 684 g/mol. The normalized spacial score (nSPS) is 12.4. The maximum atomic E-state index is 6.75. The van der Waals surface area contributed by atoms with Crippen molar-refractivity contribution in [3.05, 3.63) is 151 Å². The standard InChI is InChI=1S/C47H33N5O/c1-47(2,3)37-23-25-49-46-40(37)35-17-10-16-34-32-21-19-31(27-39(32)52(46)44(34)35)53-30-20-22-33-36(26-30)45-50-41(28-12-6-4-7-13-28)43(29-14-8-5-9-15-29)51(45)38-18-11-24-48-42(33)38/h4-27H,1-3H3. The molecule has 0 saturated carbocycles. The van der Waals surface area contributed by atoms with Crippen molar-refractivity contribution in [3.63, 3.8) is 0 Å². The van der Waals surface area contributed by atoms with Gasteiger partial charge in [0.25, 0.3) is 0 Å². The maximum Gasteiger partial charge on any atom is 0.146 e. The number of ether oxygens (including phenoxy) is 1. The van der Waals surface area contributed by atoms with Gasteiger partial charge >= 0.3 is 0 Å². The second-order valence-electron chi connectivity index (χ2n) is 14.9. The highest BCUT2D eigenvalue weighted by Gasteiger charge is 2.25. The molecule has 11 aromatic rings. The Hall–Kier alpha value is -6.79. The Morgan fingerprint density at radius 1 is 0.528 bits per heavy atom. The third-order valence-electron chi connectivity index (χ3n) is 10.7. The molecule has 11 rings (SSSR count). The largest absolute Gasteiger partial charge is 0.457 e. The number of hydrogen-bond donors (Lipinski definition) is 0. The molecule has 5 aromatic carbocycles. The second-order valence-corrected chi connectivity index (χ2v) is 14.9. The monoisotopic (exact) mass is 683 g/mol. The summed E-state index contributed by atoms with van der Waals surface area (Å²) in [5.74, 6) is 1.48. The molecule has 0 saturated heterocycles. The zero-order valence-corrected chi connectivity index (χ0v) is 29.5. The third-order valence-corrected chi connectivity index (χ3v) is 10.7. The number of aromatic nitrogens is 5. The van der Waals surface area contributed by atoms with E-state index in [1.54, 1.807) is 0 Å². The summed E-state index contributed by atoms with van der Waals surface area (Å²) in [6.45, 7) is 6.81. The Labute approximate surface area is 304 Å².